The third-order valence-corrected chi connectivity index (χ3v) is 4.65. The summed E-state index contributed by atoms with van der Waals surface area (Å²) in [7, 11) is 2.15. The van der Waals surface area contributed by atoms with Crippen LogP contribution < -0.4 is 5.32 Å². The summed E-state index contributed by atoms with van der Waals surface area (Å²) in [5.74, 6) is -0.126. The van der Waals surface area contributed by atoms with Gasteiger partial charge in [0.1, 0.15) is 0 Å². The summed E-state index contributed by atoms with van der Waals surface area (Å²) >= 11 is 0. The average molecular weight is 333 g/mol. The smallest absolute Gasteiger partial charge is 0.251 e. The van der Waals surface area contributed by atoms with E-state index in [2.05, 4.69) is 28.2 Å². The van der Waals surface area contributed by atoms with Crippen molar-refractivity contribution in [3.8, 4) is 0 Å². The largest absolute Gasteiger partial charge is 0.391 e. The van der Waals surface area contributed by atoms with E-state index in [0.717, 1.165) is 38.3 Å². The highest BCUT2D eigenvalue weighted by Crippen LogP contribution is 2.18. The van der Waals surface area contributed by atoms with Crippen molar-refractivity contribution in [2.45, 2.75) is 33.4 Å². The van der Waals surface area contributed by atoms with E-state index in [1.165, 1.54) is 0 Å². The second-order valence-corrected chi connectivity index (χ2v) is 7.87. The predicted octanol–water partition coefficient (Wildman–Crippen LogP) is 1.57. The molecule has 0 spiro atoms. The highest BCUT2D eigenvalue weighted by molar-refractivity contribution is 5.94. The lowest BCUT2D eigenvalue weighted by molar-refractivity contribution is 0.0587. The maximum atomic E-state index is 12.3. The number of carbonyl (C=O) groups excluding carboxylic acids is 1. The number of amides is 1. The highest BCUT2D eigenvalue weighted by Gasteiger charge is 2.22. The van der Waals surface area contributed by atoms with E-state index in [4.69, 9.17) is 0 Å². The number of hydrogen-bond acceptors (Lipinski definition) is 4. The SMILES string of the molecule is CN1CCN(Cc2cccc(C(=O)NCC(O)C(C)(C)C)c2)CC1. The molecule has 1 aliphatic rings. The van der Waals surface area contributed by atoms with Crippen LogP contribution in [0.25, 0.3) is 0 Å². The van der Waals surface area contributed by atoms with E-state index >= 15 is 0 Å². The van der Waals surface area contributed by atoms with Gasteiger partial charge in [-0.2, -0.15) is 0 Å². The molecule has 1 fully saturated rings. The summed E-state index contributed by atoms with van der Waals surface area (Å²) < 4.78 is 0. The molecule has 24 heavy (non-hydrogen) atoms. The van der Waals surface area contributed by atoms with E-state index in [1.807, 2.05) is 39.0 Å². The minimum Gasteiger partial charge on any atom is -0.391 e. The van der Waals surface area contributed by atoms with Crippen LogP contribution in [0.1, 0.15) is 36.7 Å². The molecule has 1 amide bonds. The monoisotopic (exact) mass is 333 g/mol. The lowest BCUT2D eigenvalue weighted by Crippen LogP contribution is -2.43. The molecule has 0 bridgehead atoms. The highest BCUT2D eigenvalue weighted by atomic mass is 16.3. The Hall–Kier alpha value is -1.43. The summed E-state index contributed by atoms with van der Waals surface area (Å²) in [6, 6.07) is 7.78. The predicted molar refractivity (Wildman–Crippen MR) is 97.0 cm³/mol. The van der Waals surface area contributed by atoms with Crippen molar-refractivity contribution in [1.29, 1.82) is 0 Å². The minimum atomic E-state index is -0.560. The molecule has 0 radical (unpaired) electrons. The lowest BCUT2D eigenvalue weighted by Gasteiger charge is -2.32. The average Bonchev–Trinajstić information content (AvgIpc) is 2.54. The van der Waals surface area contributed by atoms with Gasteiger partial charge in [0, 0.05) is 44.8 Å². The minimum absolute atomic E-state index is 0.126. The van der Waals surface area contributed by atoms with Gasteiger partial charge in [-0.25, -0.2) is 0 Å². The van der Waals surface area contributed by atoms with Crippen molar-refractivity contribution < 1.29 is 9.90 Å². The molecule has 1 unspecified atom stereocenters. The summed E-state index contributed by atoms with van der Waals surface area (Å²) in [6.07, 6.45) is -0.560. The van der Waals surface area contributed by atoms with Crippen LogP contribution in [-0.2, 0) is 6.54 Å². The molecule has 1 aromatic carbocycles. The molecule has 1 atom stereocenters. The van der Waals surface area contributed by atoms with Crippen molar-refractivity contribution in [2.75, 3.05) is 39.8 Å². The molecule has 2 rings (SSSR count). The van der Waals surface area contributed by atoms with Crippen molar-refractivity contribution >= 4 is 5.91 Å². The molecule has 5 heteroatoms. The fourth-order valence-electron chi connectivity index (χ4n) is 2.67. The molecule has 1 aliphatic heterocycles. The number of benzene rings is 1. The Morgan fingerprint density at radius 1 is 1.25 bits per heavy atom. The maximum Gasteiger partial charge on any atom is 0.251 e. The molecule has 0 saturated carbocycles. The van der Waals surface area contributed by atoms with Crippen LogP contribution in [0.5, 0.6) is 0 Å². The number of nitrogens with one attached hydrogen (secondary N) is 1. The van der Waals surface area contributed by atoms with E-state index in [0.29, 0.717) is 5.56 Å². The molecule has 1 saturated heterocycles. The Bertz CT molecular complexity index is 546. The van der Waals surface area contributed by atoms with Gasteiger partial charge in [0.2, 0.25) is 0 Å². The zero-order valence-electron chi connectivity index (χ0n) is 15.4. The number of piperazine rings is 1. The molecule has 0 aliphatic carbocycles. The van der Waals surface area contributed by atoms with Gasteiger partial charge >= 0.3 is 0 Å². The van der Waals surface area contributed by atoms with Crippen molar-refractivity contribution in [3.63, 3.8) is 0 Å². The molecular weight excluding hydrogens is 302 g/mol. The number of aliphatic hydroxyl groups is 1. The summed E-state index contributed by atoms with van der Waals surface area (Å²) in [4.78, 5) is 17.1. The Morgan fingerprint density at radius 3 is 2.54 bits per heavy atom. The van der Waals surface area contributed by atoms with Gasteiger partial charge in [-0.1, -0.05) is 32.9 Å². The molecule has 0 aromatic heterocycles. The first-order valence-corrected chi connectivity index (χ1v) is 8.72. The quantitative estimate of drug-likeness (QED) is 0.859. The third kappa shape index (κ3) is 5.58. The Kier molecular flexibility index (Phi) is 6.38. The number of rotatable bonds is 5. The molecule has 1 aromatic rings. The molecule has 5 nitrogen and oxygen atoms in total. The Morgan fingerprint density at radius 2 is 1.92 bits per heavy atom. The van der Waals surface area contributed by atoms with E-state index in [-0.39, 0.29) is 17.9 Å². The van der Waals surface area contributed by atoms with Gasteiger partial charge in [0.05, 0.1) is 6.10 Å². The van der Waals surface area contributed by atoms with Gasteiger partial charge in [-0.3, -0.25) is 9.69 Å². The Labute approximate surface area is 145 Å². The topological polar surface area (TPSA) is 55.8 Å². The number of hydrogen-bond donors (Lipinski definition) is 2. The van der Waals surface area contributed by atoms with Crippen molar-refractivity contribution in [2.24, 2.45) is 5.41 Å². The lowest BCUT2D eigenvalue weighted by atomic mass is 9.89. The second-order valence-electron chi connectivity index (χ2n) is 7.87. The molecule has 2 N–H and O–H groups in total. The van der Waals surface area contributed by atoms with Crippen LogP contribution in [0.2, 0.25) is 0 Å². The van der Waals surface area contributed by atoms with Gasteiger partial charge in [0.25, 0.3) is 5.91 Å². The maximum absolute atomic E-state index is 12.3. The van der Waals surface area contributed by atoms with Crippen molar-refractivity contribution in [3.05, 3.63) is 35.4 Å². The number of likely N-dealkylation sites (N-methyl/N-ethyl adjacent to an activating group) is 1. The number of aliphatic hydroxyl groups excluding tert-OH is 1. The van der Waals surface area contributed by atoms with Crippen LogP contribution in [0, 0.1) is 5.41 Å². The van der Waals surface area contributed by atoms with Gasteiger partial charge < -0.3 is 15.3 Å². The van der Waals surface area contributed by atoms with Crippen LogP contribution in [-0.4, -0.2) is 66.7 Å². The second kappa shape index (κ2) is 8.10. The molecule has 1 heterocycles. The summed E-state index contributed by atoms with van der Waals surface area (Å²) in [6.45, 7) is 11.3. The first-order chi connectivity index (χ1) is 11.3. The normalized spacial score (nSPS) is 18.4. The van der Waals surface area contributed by atoms with Crippen LogP contribution >= 0.6 is 0 Å². The van der Waals surface area contributed by atoms with E-state index in [9.17, 15) is 9.90 Å². The van der Waals surface area contributed by atoms with Gasteiger partial charge in [-0.15, -0.1) is 0 Å². The van der Waals surface area contributed by atoms with Gasteiger partial charge in [-0.05, 0) is 30.2 Å². The van der Waals surface area contributed by atoms with E-state index in [1.54, 1.807) is 0 Å². The molecular formula is C19H31N3O2. The van der Waals surface area contributed by atoms with Crippen LogP contribution in [0.4, 0.5) is 0 Å². The fourth-order valence-corrected chi connectivity index (χ4v) is 2.67. The van der Waals surface area contributed by atoms with Crippen LogP contribution in [0.15, 0.2) is 24.3 Å². The van der Waals surface area contributed by atoms with Gasteiger partial charge in [0.15, 0.2) is 0 Å². The summed E-state index contributed by atoms with van der Waals surface area (Å²) in [5, 5.41) is 12.9. The standard InChI is InChI=1S/C19H31N3O2/c1-19(2,3)17(23)13-20-18(24)16-7-5-6-15(12-16)14-22-10-8-21(4)9-11-22/h5-7,12,17,23H,8-11,13-14H2,1-4H3,(H,20,24). The fraction of sp³-hybridized carbons (Fsp3) is 0.632. The number of nitrogens with zero attached hydrogens (tertiary/aromatic N) is 2. The summed E-state index contributed by atoms with van der Waals surface area (Å²) in [5.41, 5.74) is 1.57. The zero-order chi connectivity index (χ0) is 17.7. The van der Waals surface area contributed by atoms with E-state index < -0.39 is 6.10 Å². The zero-order valence-corrected chi connectivity index (χ0v) is 15.4. The van der Waals surface area contributed by atoms with Crippen molar-refractivity contribution in [1.82, 2.24) is 15.1 Å². The van der Waals surface area contributed by atoms with Crippen LogP contribution in [0.3, 0.4) is 0 Å². The first kappa shape index (κ1) is 18.9. The first-order valence-electron chi connectivity index (χ1n) is 8.72. The number of carbonyl (C=O) groups is 1. The third-order valence-electron chi connectivity index (χ3n) is 4.65. The Balaban J connectivity index is 1.90. The molecule has 134 valence electrons.